The van der Waals surface area contributed by atoms with E-state index >= 15 is 0 Å². The first-order valence-electron chi connectivity index (χ1n) is 10.1. The fourth-order valence-corrected chi connectivity index (χ4v) is 4.10. The summed E-state index contributed by atoms with van der Waals surface area (Å²) in [6, 6.07) is 9.12. The number of H-pyrrole nitrogens is 1. The molecule has 0 bridgehead atoms. The number of fused-ring (bicyclic) bond motifs is 1. The van der Waals surface area contributed by atoms with Crippen molar-refractivity contribution in [3.05, 3.63) is 68.9 Å². The highest BCUT2D eigenvalue weighted by Crippen LogP contribution is 2.26. The number of rotatable bonds is 5. The molecular weight excluding hydrogens is 420 g/mol. The third kappa shape index (κ3) is 4.54. The Kier molecular flexibility index (Phi) is 5.90. The molecule has 160 valence electrons. The fraction of sp³-hybridized carbons (Fsp3) is 0.273. The summed E-state index contributed by atoms with van der Waals surface area (Å²) in [4.78, 5) is 39.0. The normalized spacial score (nSPS) is 14.4. The second kappa shape index (κ2) is 8.77. The van der Waals surface area contributed by atoms with Crippen LogP contribution in [0.1, 0.15) is 52.8 Å². The number of nitro groups is 1. The van der Waals surface area contributed by atoms with Gasteiger partial charge in [-0.25, -0.2) is 0 Å². The smallest absolute Gasteiger partial charge is 0.270 e. The number of aromatic nitrogens is 1. The second-order valence-corrected chi connectivity index (χ2v) is 8.05. The number of hydrogen-bond donors (Lipinski definition) is 3. The van der Waals surface area contributed by atoms with Crippen molar-refractivity contribution in [2.24, 2.45) is 0 Å². The molecule has 4 rings (SSSR count). The molecule has 8 nitrogen and oxygen atoms in total. The third-order valence-corrected chi connectivity index (χ3v) is 5.86. The van der Waals surface area contributed by atoms with E-state index < -0.39 is 10.8 Å². The van der Waals surface area contributed by atoms with Gasteiger partial charge in [-0.2, -0.15) is 0 Å². The van der Waals surface area contributed by atoms with Gasteiger partial charge in [0.1, 0.15) is 0 Å². The van der Waals surface area contributed by atoms with Crippen molar-refractivity contribution in [2.45, 2.75) is 38.1 Å². The van der Waals surface area contributed by atoms with E-state index in [1.807, 2.05) is 0 Å². The lowest BCUT2D eigenvalue weighted by molar-refractivity contribution is -0.384. The maximum Gasteiger partial charge on any atom is 0.270 e. The second-order valence-electron chi connectivity index (χ2n) is 7.65. The Labute approximate surface area is 183 Å². The summed E-state index contributed by atoms with van der Waals surface area (Å²) in [5, 5.41) is 17.6. The topological polar surface area (TPSA) is 117 Å². The molecule has 1 fully saturated rings. The number of amides is 2. The van der Waals surface area contributed by atoms with Crippen LogP contribution in [0.2, 0.25) is 5.02 Å². The van der Waals surface area contributed by atoms with Crippen molar-refractivity contribution in [3.8, 4) is 0 Å². The third-order valence-electron chi connectivity index (χ3n) is 5.53. The lowest BCUT2D eigenvalue weighted by atomic mass is 9.95. The number of nitro benzene ring substituents is 1. The first-order valence-corrected chi connectivity index (χ1v) is 10.5. The average molecular weight is 441 g/mol. The van der Waals surface area contributed by atoms with Gasteiger partial charge in [0.25, 0.3) is 17.5 Å². The average Bonchev–Trinajstić information content (AvgIpc) is 3.19. The van der Waals surface area contributed by atoms with E-state index in [0.29, 0.717) is 27.2 Å². The minimum atomic E-state index is -0.509. The Morgan fingerprint density at radius 2 is 1.81 bits per heavy atom. The highest BCUT2D eigenvalue weighted by molar-refractivity contribution is 6.34. The van der Waals surface area contributed by atoms with E-state index in [1.54, 1.807) is 18.2 Å². The Morgan fingerprint density at radius 3 is 2.55 bits per heavy atom. The van der Waals surface area contributed by atoms with Crippen molar-refractivity contribution < 1.29 is 14.5 Å². The zero-order valence-electron chi connectivity index (χ0n) is 16.6. The Morgan fingerprint density at radius 1 is 1.03 bits per heavy atom. The van der Waals surface area contributed by atoms with E-state index in [4.69, 9.17) is 11.6 Å². The quantitative estimate of drug-likeness (QED) is 0.380. The number of non-ortho nitro benzene ring substituents is 1. The molecule has 0 unspecified atom stereocenters. The predicted octanol–water partition coefficient (Wildman–Crippen LogP) is 5.04. The summed E-state index contributed by atoms with van der Waals surface area (Å²) in [7, 11) is 0. The molecule has 0 aliphatic heterocycles. The Balaban J connectivity index is 1.54. The molecule has 2 aromatic carbocycles. The minimum absolute atomic E-state index is 0.102. The molecule has 1 aliphatic carbocycles. The summed E-state index contributed by atoms with van der Waals surface area (Å²) in [6.45, 7) is 0. The van der Waals surface area contributed by atoms with Gasteiger partial charge in [-0.3, -0.25) is 19.7 Å². The standard InChI is InChI=1S/C22H21ClN4O4/c23-19-8-6-14(10-17(19)21(28)25-13-4-2-1-3-5-13)26-22(29)18-12-24-20-9-7-15(27(30)31)11-16(18)20/h6-13,24H,1-5H2,(H,25,28)(H,26,29). The number of carbonyl (C=O) groups excluding carboxylic acids is 2. The van der Waals surface area contributed by atoms with Crippen molar-refractivity contribution in [2.75, 3.05) is 5.32 Å². The molecule has 3 N–H and O–H groups in total. The van der Waals surface area contributed by atoms with Crippen LogP contribution in [0.25, 0.3) is 10.9 Å². The van der Waals surface area contributed by atoms with Crippen LogP contribution in [0.5, 0.6) is 0 Å². The molecule has 31 heavy (non-hydrogen) atoms. The number of nitrogens with one attached hydrogen (secondary N) is 3. The van der Waals surface area contributed by atoms with Crippen LogP contribution < -0.4 is 10.6 Å². The maximum absolute atomic E-state index is 12.8. The zero-order valence-corrected chi connectivity index (χ0v) is 17.4. The van der Waals surface area contributed by atoms with Crippen LogP contribution in [-0.2, 0) is 0 Å². The highest BCUT2D eigenvalue weighted by atomic mass is 35.5. The monoisotopic (exact) mass is 440 g/mol. The molecule has 2 amide bonds. The molecule has 0 atom stereocenters. The van der Waals surface area contributed by atoms with E-state index in [0.717, 1.165) is 25.7 Å². The number of aromatic amines is 1. The molecule has 0 radical (unpaired) electrons. The Bertz CT molecular complexity index is 1170. The van der Waals surface area contributed by atoms with Crippen molar-refractivity contribution in [1.29, 1.82) is 0 Å². The van der Waals surface area contributed by atoms with Gasteiger partial charge in [0, 0.05) is 41.0 Å². The van der Waals surface area contributed by atoms with Gasteiger partial charge in [-0.15, -0.1) is 0 Å². The van der Waals surface area contributed by atoms with Crippen LogP contribution in [0.15, 0.2) is 42.6 Å². The molecule has 3 aromatic rings. The largest absolute Gasteiger partial charge is 0.360 e. The SMILES string of the molecule is O=C(NC1CCCCC1)c1cc(NC(=O)c2c[nH]c3ccc([N+](=O)[O-])cc23)ccc1Cl. The summed E-state index contributed by atoms with van der Waals surface area (Å²) in [5.41, 5.74) is 1.47. The molecule has 0 spiro atoms. The summed E-state index contributed by atoms with van der Waals surface area (Å²) in [6.07, 6.45) is 6.77. The molecule has 1 saturated carbocycles. The van der Waals surface area contributed by atoms with Crippen LogP contribution in [0.3, 0.4) is 0 Å². The number of carbonyl (C=O) groups is 2. The first kappa shape index (κ1) is 20.9. The lowest BCUT2D eigenvalue weighted by Crippen LogP contribution is -2.36. The van der Waals surface area contributed by atoms with Gasteiger partial charge in [0.15, 0.2) is 0 Å². The van der Waals surface area contributed by atoms with E-state index in [9.17, 15) is 19.7 Å². The van der Waals surface area contributed by atoms with Gasteiger partial charge in [-0.05, 0) is 37.1 Å². The number of nitrogens with zero attached hydrogens (tertiary/aromatic N) is 1. The Hall–Kier alpha value is -3.39. The van der Waals surface area contributed by atoms with Gasteiger partial charge >= 0.3 is 0 Å². The molecule has 1 aromatic heterocycles. The number of benzene rings is 2. The summed E-state index contributed by atoms with van der Waals surface area (Å²) >= 11 is 6.23. The van der Waals surface area contributed by atoms with Gasteiger partial charge in [0.05, 0.1) is 21.1 Å². The van der Waals surface area contributed by atoms with E-state index in [2.05, 4.69) is 15.6 Å². The number of hydrogen-bond acceptors (Lipinski definition) is 4. The molecule has 9 heteroatoms. The molecule has 1 aliphatic rings. The number of halogens is 1. The molecular formula is C22H21ClN4O4. The van der Waals surface area contributed by atoms with Crippen LogP contribution in [0, 0.1) is 10.1 Å². The number of anilines is 1. The van der Waals surface area contributed by atoms with Gasteiger partial charge < -0.3 is 15.6 Å². The minimum Gasteiger partial charge on any atom is -0.360 e. The van der Waals surface area contributed by atoms with Gasteiger partial charge in [-0.1, -0.05) is 30.9 Å². The maximum atomic E-state index is 12.8. The van der Waals surface area contributed by atoms with Crippen LogP contribution in [-0.4, -0.2) is 27.8 Å². The van der Waals surface area contributed by atoms with Crippen molar-refractivity contribution >= 4 is 45.7 Å². The van der Waals surface area contributed by atoms with Crippen molar-refractivity contribution in [3.63, 3.8) is 0 Å². The molecule has 0 saturated heterocycles. The zero-order chi connectivity index (χ0) is 22.0. The molecule has 1 heterocycles. The fourth-order valence-electron chi connectivity index (χ4n) is 3.90. The predicted molar refractivity (Wildman–Crippen MR) is 119 cm³/mol. The summed E-state index contributed by atoms with van der Waals surface area (Å²) in [5.74, 6) is -0.719. The van der Waals surface area contributed by atoms with E-state index in [-0.39, 0.29) is 23.2 Å². The van der Waals surface area contributed by atoms with Crippen LogP contribution >= 0.6 is 11.6 Å². The summed E-state index contributed by atoms with van der Waals surface area (Å²) < 4.78 is 0. The van der Waals surface area contributed by atoms with Crippen molar-refractivity contribution in [1.82, 2.24) is 10.3 Å². The van der Waals surface area contributed by atoms with Crippen LogP contribution in [0.4, 0.5) is 11.4 Å². The first-order chi connectivity index (χ1) is 14.9. The highest BCUT2D eigenvalue weighted by Gasteiger charge is 2.20. The van der Waals surface area contributed by atoms with E-state index in [1.165, 1.54) is 30.8 Å². The van der Waals surface area contributed by atoms with Gasteiger partial charge in [0.2, 0.25) is 0 Å². The lowest BCUT2D eigenvalue weighted by Gasteiger charge is -2.23.